The standard InChI is InChI=1S/C14H24N2O3S/c17-12(18)14(6-3-1-2-4-7-14)16-13(19)15-9-11-5-8-20-10-11/h11H,1-10H2,(H,17,18)(H2,15,16,19). The number of aliphatic carboxylic acids is 1. The molecule has 20 heavy (non-hydrogen) atoms. The fourth-order valence-electron chi connectivity index (χ4n) is 2.97. The summed E-state index contributed by atoms with van der Waals surface area (Å²) in [4.78, 5) is 23.6. The number of urea groups is 1. The minimum atomic E-state index is -1.06. The van der Waals surface area contributed by atoms with Gasteiger partial charge in [0.05, 0.1) is 0 Å². The predicted molar refractivity (Wildman–Crippen MR) is 80.0 cm³/mol. The van der Waals surface area contributed by atoms with Gasteiger partial charge in [-0.05, 0) is 36.7 Å². The first-order chi connectivity index (χ1) is 9.62. The zero-order valence-corrected chi connectivity index (χ0v) is 12.6. The number of hydrogen-bond acceptors (Lipinski definition) is 3. The van der Waals surface area contributed by atoms with E-state index in [0.717, 1.165) is 43.6 Å². The highest BCUT2D eigenvalue weighted by molar-refractivity contribution is 7.99. The lowest BCUT2D eigenvalue weighted by Gasteiger charge is -2.29. The number of hydrogen-bond donors (Lipinski definition) is 3. The molecule has 1 saturated carbocycles. The smallest absolute Gasteiger partial charge is 0.329 e. The van der Waals surface area contributed by atoms with Gasteiger partial charge in [0.15, 0.2) is 0 Å². The number of amides is 2. The van der Waals surface area contributed by atoms with Crippen molar-refractivity contribution in [3.8, 4) is 0 Å². The zero-order chi connectivity index (χ0) is 14.4. The van der Waals surface area contributed by atoms with Crippen molar-refractivity contribution < 1.29 is 14.7 Å². The highest BCUT2D eigenvalue weighted by Crippen LogP contribution is 2.27. The van der Waals surface area contributed by atoms with Gasteiger partial charge in [-0.2, -0.15) is 11.8 Å². The number of carbonyl (C=O) groups is 2. The highest BCUT2D eigenvalue weighted by atomic mass is 32.2. The van der Waals surface area contributed by atoms with Crippen molar-refractivity contribution in [1.29, 1.82) is 0 Å². The van der Waals surface area contributed by atoms with Crippen LogP contribution in [0.3, 0.4) is 0 Å². The van der Waals surface area contributed by atoms with Crippen LogP contribution in [-0.4, -0.2) is 40.7 Å². The van der Waals surface area contributed by atoms with Crippen LogP contribution in [0.4, 0.5) is 4.79 Å². The predicted octanol–water partition coefficient (Wildman–Crippen LogP) is 2.22. The molecule has 2 rings (SSSR count). The number of carbonyl (C=O) groups excluding carboxylic acids is 1. The summed E-state index contributed by atoms with van der Waals surface area (Å²) in [6, 6.07) is -0.328. The SMILES string of the molecule is O=C(NCC1CCSC1)NC1(C(=O)O)CCCCCC1. The molecule has 0 aromatic rings. The van der Waals surface area contributed by atoms with E-state index in [2.05, 4.69) is 10.6 Å². The topological polar surface area (TPSA) is 78.4 Å². The lowest BCUT2D eigenvalue weighted by atomic mass is 9.90. The molecule has 0 aromatic heterocycles. The van der Waals surface area contributed by atoms with Crippen molar-refractivity contribution in [3.63, 3.8) is 0 Å². The zero-order valence-electron chi connectivity index (χ0n) is 11.8. The normalized spacial score (nSPS) is 25.7. The molecule has 2 amide bonds. The van der Waals surface area contributed by atoms with Crippen LogP contribution in [0.2, 0.25) is 0 Å². The van der Waals surface area contributed by atoms with Crippen molar-refractivity contribution in [2.45, 2.75) is 50.5 Å². The summed E-state index contributed by atoms with van der Waals surface area (Å²) in [5.74, 6) is 1.88. The van der Waals surface area contributed by atoms with Crippen LogP contribution >= 0.6 is 11.8 Å². The van der Waals surface area contributed by atoms with E-state index in [-0.39, 0.29) is 6.03 Å². The second-order valence-electron chi connectivity index (χ2n) is 5.87. The molecule has 1 saturated heterocycles. The van der Waals surface area contributed by atoms with Crippen molar-refractivity contribution in [1.82, 2.24) is 10.6 Å². The van der Waals surface area contributed by atoms with Gasteiger partial charge in [-0.3, -0.25) is 0 Å². The second-order valence-corrected chi connectivity index (χ2v) is 7.02. The van der Waals surface area contributed by atoms with Gasteiger partial charge in [0.2, 0.25) is 0 Å². The van der Waals surface area contributed by atoms with E-state index in [4.69, 9.17) is 0 Å². The van der Waals surface area contributed by atoms with Gasteiger partial charge in [0.1, 0.15) is 5.54 Å². The van der Waals surface area contributed by atoms with Gasteiger partial charge in [0, 0.05) is 6.54 Å². The summed E-state index contributed by atoms with van der Waals surface area (Å²) in [5, 5.41) is 15.1. The molecular formula is C14H24N2O3S. The lowest BCUT2D eigenvalue weighted by molar-refractivity contribution is -0.145. The summed E-state index contributed by atoms with van der Waals surface area (Å²) < 4.78 is 0. The monoisotopic (exact) mass is 300 g/mol. The summed E-state index contributed by atoms with van der Waals surface area (Å²) in [6.07, 6.45) is 6.05. The third-order valence-electron chi connectivity index (χ3n) is 4.29. The number of nitrogens with one attached hydrogen (secondary N) is 2. The second kappa shape index (κ2) is 7.20. The van der Waals surface area contributed by atoms with Crippen LogP contribution in [0.5, 0.6) is 0 Å². The molecule has 0 radical (unpaired) electrons. The summed E-state index contributed by atoms with van der Waals surface area (Å²) >= 11 is 1.91. The Morgan fingerprint density at radius 1 is 1.20 bits per heavy atom. The first kappa shape index (κ1) is 15.5. The molecule has 114 valence electrons. The maximum atomic E-state index is 12.0. The quantitative estimate of drug-likeness (QED) is 0.696. The molecule has 3 N–H and O–H groups in total. The molecule has 1 heterocycles. The molecule has 1 atom stereocenters. The van der Waals surface area contributed by atoms with E-state index in [1.165, 1.54) is 0 Å². The van der Waals surface area contributed by atoms with Crippen LogP contribution in [0, 0.1) is 5.92 Å². The van der Waals surface area contributed by atoms with Crippen LogP contribution in [0.25, 0.3) is 0 Å². The molecule has 1 unspecified atom stereocenters. The Kier molecular flexibility index (Phi) is 5.57. The Hall–Kier alpha value is -0.910. The summed E-state index contributed by atoms with van der Waals surface area (Å²) in [5.41, 5.74) is -1.06. The average Bonchev–Trinajstić information content (AvgIpc) is 2.82. The van der Waals surface area contributed by atoms with E-state index in [0.29, 0.717) is 25.3 Å². The Labute approximate surface area is 124 Å². The first-order valence-electron chi connectivity index (χ1n) is 7.49. The summed E-state index contributed by atoms with van der Waals surface area (Å²) in [6.45, 7) is 0.647. The largest absolute Gasteiger partial charge is 0.480 e. The molecule has 6 heteroatoms. The number of carboxylic acid groups (broad SMARTS) is 1. The fraction of sp³-hybridized carbons (Fsp3) is 0.857. The highest BCUT2D eigenvalue weighted by Gasteiger charge is 2.40. The molecule has 0 aromatic carbocycles. The van der Waals surface area contributed by atoms with Crippen LogP contribution in [0.15, 0.2) is 0 Å². The maximum absolute atomic E-state index is 12.0. The molecule has 1 aliphatic carbocycles. The number of carboxylic acids is 1. The molecule has 2 fully saturated rings. The Morgan fingerprint density at radius 3 is 2.45 bits per heavy atom. The van der Waals surface area contributed by atoms with Crippen molar-refractivity contribution >= 4 is 23.8 Å². The van der Waals surface area contributed by atoms with Crippen molar-refractivity contribution in [2.75, 3.05) is 18.1 Å². The van der Waals surface area contributed by atoms with E-state index >= 15 is 0 Å². The Bertz CT molecular complexity index is 348. The van der Waals surface area contributed by atoms with Crippen molar-refractivity contribution in [3.05, 3.63) is 0 Å². The van der Waals surface area contributed by atoms with Crippen LogP contribution in [-0.2, 0) is 4.79 Å². The Balaban J connectivity index is 1.86. The molecule has 2 aliphatic rings. The number of thioether (sulfide) groups is 1. The van der Waals surface area contributed by atoms with Gasteiger partial charge in [-0.1, -0.05) is 25.7 Å². The average molecular weight is 300 g/mol. The van der Waals surface area contributed by atoms with Gasteiger partial charge in [-0.15, -0.1) is 0 Å². The third-order valence-corrected chi connectivity index (χ3v) is 5.53. The molecule has 1 aliphatic heterocycles. The van der Waals surface area contributed by atoms with Crippen LogP contribution < -0.4 is 10.6 Å². The van der Waals surface area contributed by atoms with Crippen molar-refractivity contribution in [2.24, 2.45) is 5.92 Å². The maximum Gasteiger partial charge on any atom is 0.329 e. The minimum absolute atomic E-state index is 0.328. The van der Waals surface area contributed by atoms with Gasteiger partial charge in [-0.25, -0.2) is 9.59 Å². The molecule has 0 spiro atoms. The molecule has 0 bridgehead atoms. The lowest BCUT2D eigenvalue weighted by Crippen LogP contribution is -2.57. The molecular weight excluding hydrogens is 276 g/mol. The van der Waals surface area contributed by atoms with Gasteiger partial charge in [0.25, 0.3) is 0 Å². The Morgan fingerprint density at radius 2 is 1.90 bits per heavy atom. The fourth-order valence-corrected chi connectivity index (χ4v) is 4.25. The van der Waals surface area contributed by atoms with Crippen LogP contribution in [0.1, 0.15) is 44.9 Å². The van der Waals surface area contributed by atoms with E-state index in [1.54, 1.807) is 0 Å². The minimum Gasteiger partial charge on any atom is -0.480 e. The van der Waals surface area contributed by atoms with Gasteiger partial charge >= 0.3 is 12.0 Å². The first-order valence-corrected chi connectivity index (χ1v) is 8.65. The van der Waals surface area contributed by atoms with Gasteiger partial charge < -0.3 is 15.7 Å². The summed E-state index contributed by atoms with van der Waals surface area (Å²) in [7, 11) is 0. The van der Waals surface area contributed by atoms with E-state index in [1.807, 2.05) is 11.8 Å². The van der Waals surface area contributed by atoms with E-state index < -0.39 is 11.5 Å². The van der Waals surface area contributed by atoms with E-state index in [9.17, 15) is 14.7 Å². The molecule has 5 nitrogen and oxygen atoms in total. The number of rotatable bonds is 4. The third kappa shape index (κ3) is 4.04.